The Morgan fingerprint density at radius 3 is 2.18 bits per heavy atom. The summed E-state index contributed by atoms with van der Waals surface area (Å²) in [5.41, 5.74) is 2.64. The summed E-state index contributed by atoms with van der Waals surface area (Å²) >= 11 is 0. The number of amides is 1. The first-order valence-electron chi connectivity index (χ1n) is 3.37. The molecule has 0 aliphatic rings. The van der Waals surface area contributed by atoms with E-state index in [0.717, 1.165) is 5.71 Å². The fraction of sp³-hybridized carbons (Fsp3) is 0.714. The van der Waals surface area contributed by atoms with Crippen LogP contribution in [0.3, 0.4) is 0 Å². The van der Waals surface area contributed by atoms with Crippen LogP contribution in [-0.2, 0) is 0 Å². The molecule has 0 fully saturated rings. The quantitative estimate of drug-likeness (QED) is 0.450. The highest BCUT2D eigenvalue weighted by atomic mass is 16.4. The summed E-state index contributed by atoms with van der Waals surface area (Å²) in [6.07, 6.45) is -1.13. The van der Waals surface area contributed by atoms with Crippen molar-refractivity contribution in [3.05, 3.63) is 0 Å². The minimum atomic E-state index is -1.13. The summed E-state index contributed by atoms with van der Waals surface area (Å²) in [5.74, 6) is 0. The summed E-state index contributed by atoms with van der Waals surface area (Å²) < 4.78 is 0. The molecule has 0 saturated carbocycles. The van der Waals surface area contributed by atoms with Gasteiger partial charge >= 0.3 is 6.09 Å². The number of hydrazone groups is 1. The Morgan fingerprint density at radius 2 is 1.91 bits per heavy atom. The monoisotopic (exact) mass is 158 g/mol. The lowest BCUT2D eigenvalue weighted by Gasteiger charge is -2.16. The Labute approximate surface area is 66.3 Å². The molecule has 0 saturated heterocycles. The minimum Gasteiger partial charge on any atom is -0.464 e. The van der Waals surface area contributed by atoms with Crippen LogP contribution in [-0.4, -0.2) is 16.9 Å². The molecule has 4 nitrogen and oxygen atoms in total. The van der Waals surface area contributed by atoms with E-state index in [1.807, 2.05) is 26.2 Å². The van der Waals surface area contributed by atoms with Gasteiger partial charge in [-0.25, -0.2) is 10.2 Å². The molecule has 2 N–H and O–H groups in total. The van der Waals surface area contributed by atoms with E-state index in [9.17, 15) is 4.79 Å². The lowest BCUT2D eigenvalue weighted by Crippen LogP contribution is -2.23. The zero-order valence-corrected chi connectivity index (χ0v) is 7.30. The van der Waals surface area contributed by atoms with Gasteiger partial charge in [-0.1, -0.05) is 20.8 Å². The van der Waals surface area contributed by atoms with Crippen molar-refractivity contribution < 1.29 is 9.90 Å². The van der Waals surface area contributed by atoms with Crippen LogP contribution in [0, 0.1) is 5.41 Å². The molecule has 0 spiro atoms. The van der Waals surface area contributed by atoms with E-state index < -0.39 is 6.09 Å². The van der Waals surface area contributed by atoms with Crippen molar-refractivity contribution >= 4 is 11.8 Å². The van der Waals surface area contributed by atoms with E-state index in [1.54, 1.807) is 6.92 Å². The molecule has 64 valence electrons. The maximum absolute atomic E-state index is 10.0. The van der Waals surface area contributed by atoms with Gasteiger partial charge in [0.15, 0.2) is 0 Å². The highest BCUT2D eigenvalue weighted by molar-refractivity contribution is 5.87. The Hall–Kier alpha value is -1.06. The van der Waals surface area contributed by atoms with Crippen LogP contribution in [0.1, 0.15) is 27.7 Å². The van der Waals surface area contributed by atoms with Gasteiger partial charge in [0.25, 0.3) is 0 Å². The molecule has 0 atom stereocenters. The number of nitrogens with one attached hydrogen (secondary N) is 1. The van der Waals surface area contributed by atoms with Crippen molar-refractivity contribution in [2.24, 2.45) is 10.5 Å². The van der Waals surface area contributed by atoms with Crippen molar-refractivity contribution in [3.8, 4) is 0 Å². The zero-order valence-electron chi connectivity index (χ0n) is 7.30. The lowest BCUT2D eigenvalue weighted by atomic mass is 9.91. The summed E-state index contributed by atoms with van der Waals surface area (Å²) in [6.45, 7) is 7.69. The lowest BCUT2D eigenvalue weighted by molar-refractivity contribution is 0.195. The average molecular weight is 158 g/mol. The first-order chi connectivity index (χ1) is 4.84. The highest BCUT2D eigenvalue weighted by Crippen LogP contribution is 2.14. The van der Waals surface area contributed by atoms with E-state index >= 15 is 0 Å². The van der Waals surface area contributed by atoms with Crippen molar-refractivity contribution in [1.29, 1.82) is 0 Å². The number of carboxylic acid groups (broad SMARTS) is 1. The van der Waals surface area contributed by atoms with Gasteiger partial charge in [-0.2, -0.15) is 5.10 Å². The number of rotatable bonds is 1. The second kappa shape index (κ2) is 3.37. The van der Waals surface area contributed by atoms with Gasteiger partial charge in [-0.3, -0.25) is 0 Å². The van der Waals surface area contributed by atoms with Gasteiger partial charge in [0.05, 0.1) is 0 Å². The van der Waals surface area contributed by atoms with Gasteiger partial charge < -0.3 is 5.11 Å². The number of carbonyl (C=O) groups is 1. The van der Waals surface area contributed by atoms with Crippen LogP contribution >= 0.6 is 0 Å². The second-order valence-electron chi connectivity index (χ2n) is 3.36. The highest BCUT2D eigenvalue weighted by Gasteiger charge is 2.14. The Kier molecular flexibility index (Phi) is 3.04. The molecule has 0 aromatic heterocycles. The normalized spacial score (nSPS) is 12.9. The molecular weight excluding hydrogens is 144 g/mol. The van der Waals surface area contributed by atoms with Crippen molar-refractivity contribution in [3.63, 3.8) is 0 Å². The van der Waals surface area contributed by atoms with E-state index in [-0.39, 0.29) is 5.41 Å². The molecule has 0 aromatic carbocycles. The summed E-state index contributed by atoms with van der Waals surface area (Å²) in [4.78, 5) is 10.0. The molecule has 11 heavy (non-hydrogen) atoms. The van der Waals surface area contributed by atoms with Gasteiger partial charge in [0.1, 0.15) is 0 Å². The number of hydrogen-bond donors (Lipinski definition) is 2. The Morgan fingerprint density at radius 1 is 1.45 bits per heavy atom. The fourth-order valence-electron chi connectivity index (χ4n) is 0.299. The molecule has 0 bridgehead atoms. The standard InChI is InChI=1S/C7H14N2O2/c1-5(7(2,3)4)8-9-6(10)11/h9H,1-4H3,(H,10,11)/b8-5-. The average Bonchev–Trinajstić information content (AvgIpc) is 1.80. The van der Waals surface area contributed by atoms with E-state index in [4.69, 9.17) is 5.11 Å². The van der Waals surface area contributed by atoms with Gasteiger partial charge in [-0.05, 0) is 6.92 Å². The third-order valence-electron chi connectivity index (χ3n) is 1.40. The first-order valence-corrected chi connectivity index (χ1v) is 3.37. The van der Waals surface area contributed by atoms with Gasteiger partial charge in [0, 0.05) is 11.1 Å². The number of nitrogens with zero attached hydrogens (tertiary/aromatic N) is 1. The molecule has 0 aliphatic carbocycles. The third kappa shape index (κ3) is 4.36. The predicted molar refractivity (Wildman–Crippen MR) is 43.7 cm³/mol. The zero-order chi connectivity index (χ0) is 9.07. The molecule has 0 radical (unpaired) electrons. The van der Waals surface area contributed by atoms with E-state index in [1.165, 1.54) is 0 Å². The maximum atomic E-state index is 10.0. The predicted octanol–water partition coefficient (Wildman–Crippen LogP) is 1.68. The van der Waals surface area contributed by atoms with Crippen molar-refractivity contribution in [2.75, 3.05) is 0 Å². The van der Waals surface area contributed by atoms with Crippen molar-refractivity contribution in [2.45, 2.75) is 27.7 Å². The van der Waals surface area contributed by atoms with Gasteiger partial charge in [-0.15, -0.1) is 0 Å². The van der Waals surface area contributed by atoms with Crippen LogP contribution < -0.4 is 5.43 Å². The smallest absolute Gasteiger partial charge is 0.425 e. The van der Waals surface area contributed by atoms with Crippen LogP contribution in [0.5, 0.6) is 0 Å². The number of hydrogen-bond acceptors (Lipinski definition) is 2. The summed E-state index contributed by atoms with van der Waals surface area (Å²) in [6, 6.07) is 0. The maximum Gasteiger partial charge on any atom is 0.425 e. The topological polar surface area (TPSA) is 61.7 Å². The molecule has 0 aliphatic heterocycles. The third-order valence-corrected chi connectivity index (χ3v) is 1.40. The van der Waals surface area contributed by atoms with Crippen molar-refractivity contribution in [1.82, 2.24) is 5.43 Å². The van der Waals surface area contributed by atoms with Crippen LogP contribution in [0.4, 0.5) is 4.79 Å². The molecule has 0 heterocycles. The fourth-order valence-corrected chi connectivity index (χ4v) is 0.299. The van der Waals surface area contributed by atoms with Crippen LogP contribution in [0.2, 0.25) is 0 Å². The summed E-state index contributed by atoms with van der Waals surface area (Å²) in [7, 11) is 0. The van der Waals surface area contributed by atoms with Crippen LogP contribution in [0.15, 0.2) is 5.10 Å². The van der Waals surface area contributed by atoms with E-state index in [2.05, 4.69) is 5.10 Å². The Bertz CT molecular complexity index is 179. The second-order valence-corrected chi connectivity index (χ2v) is 3.36. The molecule has 4 heteroatoms. The first kappa shape index (κ1) is 9.94. The minimum absolute atomic E-state index is 0.0809. The summed E-state index contributed by atoms with van der Waals surface area (Å²) in [5, 5.41) is 11.9. The molecule has 1 amide bonds. The molecule has 0 aromatic rings. The SMILES string of the molecule is C/C(=N/NC(=O)O)C(C)(C)C. The van der Waals surface area contributed by atoms with Crippen LogP contribution in [0.25, 0.3) is 0 Å². The van der Waals surface area contributed by atoms with Gasteiger partial charge in [0.2, 0.25) is 0 Å². The van der Waals surface area contributed by atoms with E-state index in [0.29, 0.717) is 0 Å². The largest absolute Gasteiger partial charge is 0.464 e. The Balaban J connectivity index is 4.12. The molecule has 0 unspecified atom stereocenters. The molecular formula is C7H14N2O2. The molecule has 0 rings (SSSR count).